The van der Waals surface area contributed by atoms with Gasteiger partial charge in [-0.2, -0.15) is 0 Å². The maximum atomic E-state index is 12.5. The van der Waals surface area contributed by atoms with Crippen molar-refractivity contribution in [3.05, 3.63) is 48.0 Å². The Balaban J connectivity index is 2.05. The summed E-state index contributed by atoms with van der Waals surface area (Å²) < 4.78 is 21.6. The average molecular weight is 434 g/mol. The fraction of sp³-hybridized carbons (Fsp3) is 0.522. The predicted octanol–water partition coefficient (Wildman–Crippen LogP) is 2.02. The van der Waals surface area contributed by atoms with E-state index in [4.69, 9.17) is 18.9 Å². The quantitative estimate of drug-likeness (QED) is 0.560. The van der Waals surface area contributed by atoms with Crippen LogP contribution < -0.4 is 5.32 Å². The molecule has 0 saturated carbocycles. The molecule has 0 spiro atoms. The van der Waals surface area contributed by atoms with E-state index in [0.717, 1.165) is 5.56 Å². The molecule has 0 unspecified atom stereocenters. The van der Waals surface area contributed by atoms with E-state index in [1.807, 2.05) is 43.3 Å². The SMILES string of the molecule is CO[C@@H]1COC(=O)[C@@H](C)COC(=O)[C@H](COCc2ccccc2)NC(=O)C/C=C/[C@H]1C. The normalized spacial score (nSPS) is 27.3. The van der Waals surface area contributed by atoms with Crippen molar-refractivity contribution in [2.45, 2.75) is 39.0 Å². The van der Waals surface area contributed by atoms with E-state index in [1.165, 1.54) is 7.11 Å². The molecule has 0 aliphatic carbocycles. The molecule has 0 bridgehead atoms. The smallest absolute Gasteiger partial charge is 0.331 e. The van der Waals surface area contributed by atoms with Gasteiger partial charge < -0.3 is 24.3 Å². The van der Waals surface area contributed by atoms with E-state index in [1.54, 1.807) is 13.0 Å². The number of esters is 2. The van der Waals surface area contributed by atoms with E-state index in [0.29, 0.717) is 6.61 Å². The van der Waals surface area contributed by atoms with Gasteiger partial charge in [-0.25, -0.2) is 4.79 Å². The fourth-order valence-corrected chi connectivity index (χ4v) is 2.92. The molecule has 0 saturated heterocycles. The van der Waals surface area contributed by atoms with Crippen molar-refractivity contribution in [1.29, 1.82) is 0 Å². The van der Waals surface area contributed by atoms with E-state index < -0.39 is 23.9 Å². The number of carbonyl (C=O) groups is 3. The summed E-state index contributed by atoms with van der Waals surface area (Å²) >= 11 is 0. The summed E-state index contributed by atoms with van der Waals surface area (Å²) in [5.74, 6) is -2.21. The highest BCUT2D eigenvalue weighted by Crippen LogP contribution is 2.12. The maximum Gasteiger partial charge on any atom is 0.331 e. The van der Waals surface area contributed by atoms with Gasteiger partial charge in [-0.15, -0.1) is 0 Å². The van der Waals surface area contributed by atoms with Gasteiger partial charge in [-0.3, -0.25) is 9.59 Å². The molecule has 4 atom stereocenters. The second-order valence-corrected chi connectivity index (χ2v) is 7.55. The van der Waals surface area contributed by atoms with Crippen molar-refractivity contribution in [2.24, 2.45) is 11.8 Å². The molecular formula is C23H31NO7. The third-order valence-corrected chi connectivity index (χ3v) is 4.92. The molecule has 1 heterocycles. The molecule has 170 valence electrons. The Morgan fingerprint density at radius 1 is 1.03 bits per heavy atom. The zero-order chi connectivity index (χ0) is 22.6. The van der Waals surface area contributed by atoms with Crippen LogP contribution in [0.4, 0.5) is 0 Å². The second kappa shape index (κ2) is 12.9. The van der Waals surface area contributed by atoms with Crippen molar-refractivity contribution < 1.29 is 33.3 Å². The number of hydrogen-bond acceptors (Lipinski definition) is 7. The molecule has 31 heavy (non-hydrogen) atoms. The van der Waals surface area contributed by atoms with Crippen LogP contribution in [-0.4, -0.2) is 56.9 Å². The number of carbonyl (C=O) groups excluding carboxylic acids is 3. The van der Waals surface area contributed by atoms with Crippen LogP contribution in [0.5, 0.6) is 0 Å². The molecule has 8 heteroatoms. The lowest BCUT2D eigenvalue weighted by Crippen LogP contribution is -2.45. The Morgan fingerprint density at radius 3 is 2.45 bits per heavy atom. The van der Waals surface area contributed by atoms with Crippen LogP contribution in [0.2, 0.25) is 0 Å². The Bertz CT molecular complexity index is 750. The zero-order valence-corrected chi connectivity index (χ0v) is 18.2. The molecule has 8 nitrogen and oxygen atoms in total. The van der Waals surface area contributed by atoms with Gasteiger partial charge in [0.1, 0.15) is 13.2 Å². The lowest BCUT2D eigenvalue weighted by Gasteiger charge is -2.21. The standard InChI is InChI=1S/C23H31NO7/c1-16-8-7-11-21(25)24-19(14-29-13-18-9-5-4-6-10-18)23(27)30-12-17(2)22(26)31-15-20(16)28-3/h4-10,16-17,19-20H,11-15H2,1-3H3,(H,24,25)/b8-7+/t16-,17+,19+,20-/m1/s1. The summed E-state index contributed by atoms with van der Waals surface area (Å²) in [6.07, 6.45) is 3.26. The van der Waals surface area contributed by atoms with Crippen molar-refractivity contribution in [1.82, 2.24) is 5.32 Å². The molecule has 0 aromatic heterocycles. The van der Waals surface area contributed by atoms with Crippen molar-refractivity contribution >= 4 is 17.8 Å². The Kier molecular flexibility index (Phi) is 10.2. The van der Waals surface area contributed by atoms with Gasteiger partial charge in [-0.05, 0) is 12.5 Å². The van der Waals surface area contributed by atoms with Gasteiger partial charge >= 0.3 is 11.9 Å². The lowest BCUT2D eigenvalue weighted by molar-refractivity contribution is -0.159. The maximum absolute atomic E-state index is 12.5. The number of amides is 1. The molecule has 0 fully saturated rings. The van der Waals surface area contributed by atoms with Crippen LogP contribution in [0.15, 0.2) is 42.5 Å². The largest absolute Gasteiger partial charge is 0.463 e. The van der Waals surface area contributed by atoms with Crippen molar-refractivity contribution in [3.8, 4) is 0 Å². The second-order valence-electron chi connectivity index (χ2n) is 7.55. The van der Waals surface area contributed by atoms with Crippen LogP contribution in [0.3, 0.4) is 0 Å². The lowest BCUT2D eigenvalue weighted by atomic mass is 10.0. The third kappa shape index (κ3) is 8.51. The number of rotatable bonds is 5. The molecule has 1 N–H and O–H groups in total. The monoisotopic (exact) mass is 433 g/mol. The first-order valence-electron chi connectivity index (χ1n) is 10.3. The summed E-state index contributed by atoms with van der Waals surface area (Å²) in [4.78, 5) is 37.1. The topological polar surface area (TPSA) is 100 Å². The van der Waals surface area contributed by atoms with E-state index in [-0.39, 0.29) is 44.2 Å². The van der Waals surface area contributed by atoms with Gasteiger partial charge in [0.15, 0.2) is 6.04 Å². The molecule has 1 aromatic carbocycles. The van der Waals surface area contributed by atoms with Gasteiger partial charge in [0.05, 0.1) is 25.2 Å². The summed E-state index contributed by atoms with van der Waals surface area (Å²) in [6, 6.07) is 8.50. The third-order valence-electron chi connectivity index (χ3n) is 4.92. The highest BCUT2D eigenvalue weighted by molar-refractivity contribution is 5.85. The number of cyclic esters (lactones) is 2. The molecule has 1 aliphatic heterocycles. The van der Waals surface area contributed by atoms with Gasteiger partial charge in [-0.1, -0.05) is 49.4 Å². The fourth-order valence-electron chi connectivity index (χ4n) is 2.92. The van der Waals surface area contributed by atoms with Gasteiger partial charge in [0.25, 0.3) is 0 Å². The highest BCUT2D eigenvalue weighted by Gasteiger charge is 2.26. The minimum absolute atomic E-state index is 0.0514. The molecule has 1 amide bonds. The Labute approximate surface area is 182 Å². The molecule has 1 aliphatic rings. The van der Waals surface area contributed by atoms with E-state index >= 15 is 0 Å². The summed E-state index contributed by atoms with van der Waals surface area (Å²) in [5.41, 5.74) is 0.945. The van der Waals surface area contributed by atoms with Crippen LogP contribution in [0.1, 0.15) is 25.8 Å². The number of nitrogens with one attached hydrogen (secondary N) is 1. The van der Waals surface area contributed by atoms with Crippen molar-refractivity contribution in [3.63, 3.8) is 0 Å². The van der Waals surface area contributed by atoms with Crippen LogP contribution in [0.25, 0.3) is 0 Å². The van der Waals surface area contributed by atoms with Crippen LogP contribution >= 0.6 is 0 Å². The number of methoxy groups -OCH3 is 1. The Morgan fingerprint density at radius 2 is 1.74 bits per heavy atom. The number of hydrogen-bond donors (Lipinski definition) is 1. The first-order chi connectivity index (χ1) is 14.9. The summed E-state index contributed by atoms with van der Waals surface area (Å²) in [7, 11) is 1.54. The predicted molar refractivity (Wildman–Crippen MR) is 113 cm³/mol. The summed E-state index contributed by atoms with van der Waals surface area (Å²) in [6.45, 7) is 3.67. The van der Waals surface area contributed by atoms with Crippen LogP contribution in [-0.2, 0) is 39.9 Å². The molecular weight excluding hydrogens is 402 g/mol. The highest BCUT2D eigenvalue weighted by atomic mass is 16.6. The average Bonchev–Trinajstić information content (AvgIpc) is 2.77. The van der Waals surface area contributed by atoms with E-state index in [9.17, 15) is 14.4 Å². The minimum Gasteiger partial charge on any atom is -0.463 e. The van der Waals surface area contributed by atoms with E-state index in [2.05, 4.69) is 5.32 Å². The van der Waals surface area contributed by atoms with Gasteiger partial charge in [0, 0.05) is 19.4 Å². The zero-order valence-electron chi connectivity index (χ0n) is 18.2. The van der Waals surface area contributed by atoms with Crippen LogP contribution in [0, 0.1) is 11.8 Å². The first-order valence-corrected chi connectivity index (χ1v) is 10.3. The molecule has 0 radical (unpaired) electrons. The van der Waals surface area contributed by atoms with Crippen molar-refractivity contribution in [2.75, 3.05) is 26.9 Å². The minimum atomic E-state index is -0.984. The number of ether oxygens (including phenoxy) is 4. The Hall–Kier alpha value is -2.71. The molecule has 2 rings (SSSR count). The first kappa shape index (κ1) is 24.6. The summed E-state index contributed by atoms with van der Waals surface area (Å²) in [5, 5.41) is 2.65. The molecule has 1 aromatic rings. The number of benzene rings is 1. The van der Waals surface area contributed by atoms with Gasteiger partial charge in [0.2, 0.25) is 5.91 Å².